The first-order chi connectivity index (χ1) is 7.00. The van der Waals surface area contributed by atoms with Gasteiger partial charge in [-0.15, -0.1) is 11.6 Å². The smallest absolute Gasteiger partial charge is 0.324 e. The van der Waals surface area contributed by atoms with Gasteiger partial charge in [-0.2, -0.15) is 0 Å². The number of phenols is 1. The molecule has 0 heterocycles. The Morgan fingerprint density at radius 2 is 1.87 bits per heavy atom. The largest absolute Gasteiger partial charge is 0.508 e. The van der Waals surface area contributed by atoms with Crippen molar-refractivity contribution >= 4 is 17.6 Å². The first-order valence-corrected chi connectivity index (χ1v) is 5.08. The van der Waals surface area contributed by atoms with Crippen LogP contribution < -0.4 is 0 Å². The predicted molar refractivity (Wildman–Crippen MR) is 57.9 cm³/mol. The van der Waals surface area contributed by atoms with Crippen LogP contribution >= 0.6 is 11.6 Å². The lowest BCUT2D eigenvalue weighted by atomic mass is 10.1. The van der Waals surface area contributed by atoms with Crippen molar-refractivity contribution in [1.82, 2.24) is 0 Å². The monoisotopic (exact) mass is 228 g/mol. The SMILES string of the molecule is CC(Cl)C(=O)OC(C)c1ccc(O)cc1. The van der Waals surface area contributed by atoms with E-state index in [-0.39, 0.29) is 11.9 Å². The summed E-state index contributed by atoms with van der Waals surface area (Å²) in [4.78, 5) is 11.2. The number of esters is 1. The van der Waals surface area contributed by atoms with E-state index in [0.717, 1.165) is 5.56 Å². The molecule has 15 heavy (non-hydrogen) atoms. The van der Waals surface area contributed by atoms with Crippen LogP contribution in [0, 0.1) is 0 Å². The van der Waals surface area contributed by atoms with Crippen molar-refractivity contribution in [3.05, 3.63) is 29.8 Å². The number of aromatic hydroxyl groups is 1. The number of alkyl halides is 1. The molecule has 0 bridgehead atoms. The molecular formula is C11H13ClO3. The maximum Gasteiger partial charge on any atom is 0.324 e. The lowest BCUT2D eigenvalue weighted by Gasteiger charge is -2.14. The van der Waals surface area contributed by atoms with Gasteiger partial charge < -0.3 is 9.84 Å². The molecule has 0 aliphatic heterocycles. The Kier molecular flexibility index (Phi) is 3.97. The molecule has 0 amide bonds. The van der Waals surface area contributed by atoms with Gasteiger partial charge in [-0.05, 0) is 31.5 Å². The van der Waals surface area contributed by atoms with Crippen LogP contribution in [-0.4, -0.2) is 16.5 Å². The van der Waals surface area contributed by atoms with Gasteiger partial charge in [0.05, 0.1) is 0 Å². The van der Waals surface area contributed by atoms with E-state index in [0.29, 0.717) is 0 Å². The first kappa shape index (κ1) is 11.9. The highest BCUT2D eigenvalue weighted by Crippen LogP contribution is 2.20. The Labute approximate surface area is 93.6 Å². The Bertz CT molecular complexity index is 332. The molecule has 1 aromatic rings. The number of phenolic OH excluding ortho intramolecular Hbond substituents is 1. The first-order valence-electron chi connectivity index (χ1n) is 4.64. The fourth-order valence-corrected chi connectivity index (χ4v) is 1.13. The molecule has 1 rings (SSSR count). The molecule has 82 valence electrons. The minimum atomic E-state index is -0.649. The molecule has 4 heteroatoms. The molecule has 0 aromatic heterocycles. The van der Waals surface area contributed by atoms with Gasteiger partial charge in [0.25, 0.3) is 0 Å². The van der Waals surface area contributed by atoms with E-state index < -0.39 is 11.3 Å². The van der Waals surface area contributed by atoms with Crippen LogP contribution in [0.4, 0.5) is 0 Å². The topological polar surface area (TPSA) is 46.5 Å². The highest BCUT2D eigenvalue weighted by Gasteiger charge is 2.15. The quantitative estimate of drug-likeness (QED) is 0.639. The Balaban J connectivity index is 2.65. The molecule has 0 saturated heterocycles. The maximum absolute atomic E-state index is 11.2. The van der Waals surface area contributed by atoms with Gasteiger partial charge in [0.15, 0.2) is 0 Å². The summed E-state index contributed by atoms with van der Waals surface area (Å²) in [5.74, 6) is -0.264. The lowest BCUT2D eigenvalue weighted by Crippen LogP contribution is -2.16. The van der Waals surface area contributed by atoms with Crippen molar-refractivity contribution in [3.8, 4) is 5.75 Å². The number of carbonyl (C=O) groups excluding carboxylic acids is 1. The summed E-state index contributed by atoms with van der Waals surface area (Å²) in [5, 5.41) is 8.43. The summed E-state index contributed by atoms with van der Waals surface area (Å²) >= 11 is 5.57. The van der Waals surface area contributed by atoms with E-state index in [2.05, 4.69) is 0 Å². The standard InChI is InChI=1S/C11H13ClO3/c1-7(12)11(14)15-8(2)9-3-5-10(13)6-4-9/h3-8,13H,1-2H3. The number of rotatable bonds is 3. The van der Waals surface area contributed by atoms with E-state index in [1.165, 1.54) is 0 Å². The number of hydrogen-bond acceptors (Lipinski definition) is 3. The number of ether oxygens (including phenoxy) is 1. The zero-order valence-electron chi connectivity index (χ0n) is 8.61. The van der Waals surface area contributed by atoms with E-state index in [4.69, 9.17) is 21.4 Å². The van der Waals surface area contributed by atoms with Crippen LogP contribution in [-0.2, 0) is 9.53 Å². The molecule has 1 N–H and O–H groups in total. The van der Waals surface area contributed by atoms with Crippen molar-refractivity contribution in [3.63, 3.8) is 0 Å². The van der Waals surface area contributed by atoms with Crippen LogP contribution in [0.15, 0.2) is 24.3 Å². The maximum atomic E-state index is 11.2. The van der Waals surface area contributed by atoms with E-state index in [1.807, 2.05) is 0 Å². The second-order valence-electron chi connectivity index (χ2n) is 3.29. The highest BCUT2D eigenvalue weighted by molar-refractivity contribution is 6.29. The van der Waals surface area contributed by atoms with E-state index in [1.54, 1.807) is 38.1 Å². The fourth-order valence-electron chi connectivity index (χ4n) is 1.08. The molecule has 0 aliphatic rings. The number of hydrogen-bond donors (Lipinski definition) is 1. The van der Waals surface area contributed by atoms with Crippen LogP contribution in [0.25, 0.3) is 0 Å². The van der Waals surface area contributed by atoms with Crippen molar-refractivity contribution in [2.24, 2.45) is 0 Å². The van der Waals surface area contributed by atoms with Gasteiger partial charge in [-0.25, -0.2) is 0 Å². The number of carbonyl (C=O) groups is 1. The van der Waals surface area contributed by atoms with Gasteiger partial charge in [-0.1, -0.05) is 12.1 Å². The van der Waals surface area contributed by atoms with Crippen LogP contribution in [0.3, 0.4) is 0 Å². The molecule has 1 aromatic carbocycles. The van der Waals surface area contributed by atoms with Gasteiger partial charge in [0.2, 0.25) is 0 Å². The van der Waals surface area contributed by atoms with E-state index in [9.17, 15) is 4.79 Å². The molecule has 0 saturated carbocycles. The predicted octanol–water partition coefficient (Wildman–Crippen LogP) is 2.62. The van der Waals surface area contributed by atoms with Crippen molar-refractivity contribution < 1.29 is 14.6 Å². The summed E-state index contributed by atoms with van der Waals surface area (Å²) in [6, 6.07) is 6.49. The Morgan fingerprint density at radius 1 is 1.33 bits per heavy atom. The second kappa shape index (κ2) is 5.03. The highest BCUT2D eigenvalue weighted by atomic mass is 35.5. The third-order valence-corrected chi connectivity index (χ3v) is 2.16. The summed E-state index contributed by atoms with van der Waals surface area (Å²) in [6.45, 7) is 3.32. The summed E-state index contributed by atoms with van der Waals surface area (Å²) < 4.78 is 5.09. The van der Waals surface area contributed by atoms with Crippen LogP contribution in [0.1, 0.15) is 25.5 Å². The average molecular weight is 229 g/mol. The van der Waals surface area contributed by atoms with Gasteiger partial charge in [0.1, 0.15) is 17.2 Å². The molecular weight excluding hydrogens is 216 g/mol. The zero-order chi connectivity index (χ0) is 11.4. The van der Waals surface area contributed by atoms with Crippen molar-refractivity contribution in [1.29, 1.82) is 0 Å². The lowest BCUT2D eigenvalue weighted by molar-refractivity contribution is -0.147. The molecule has 0 fully saturated rings. The molecule has 0 radical (unpaired) electrons. The molecule has 0 spiro atoms. The van der Waals surface area contributed by atoms with Gasteiger partial charge >= 0.3 is 5.97 Å². The molecule has 2 unspecified atom stereocenters. The average Bonchev–Trinajstić information content (AvgIpc) is 2.18. The number of halogens is 1. The Hall–Kier alpha value is -1.22. The zero-order valence-corrected chi connectivity index (χ0v) is 9.36. The third kappa shape index (κ3) is 3.44. The minimum absolute atomic E-state index is 0.183. The number of benzene rings is 1. The van der Waals surface area contributed by atoms with Crippen molar-refractivity contribution in [2.75, 3.05) is 0 Å². The van der Waals surface area contributed by atoms with E-state index >= 15 is 0 Å². The van der Waals surface area contributed by atoms with Gasteiger partial charge in [-0.3, -0.25) is 4.79 Å². The van der Waals surface area contributed by atoms with Gasteiger partial charge in [0, 0.05) is 0 Å². The molecule has 0 aliphatic carbocycles. The summed E-state index contributed by atoms with van der Waals surface area (Å²) in [5.41, 5.74) is 0.818. The summed E-state index contributed by atoms with van der Waals surface area (Å²) in [7, 11) is 0. The molecule has 3 nitrogen and oxygen atoms in total. The summed E-state index contributed by atoms with van der Waals surface area (Å²) in [6.07, 6.45) is -0.362. The van der Waals surface area contributed by atoms with Crippen molar-refractivity contribution in [2.45, 2.75) is 25.3 Å². The molecule has 2 atom stereocenters. The Morgan fingerprint density at radius 3 is 2.33 bits per heavy atom. The van der Waals surface area contributed by atoms with Crippen LogP contribution in [0.2, 0.25) is 0 Å². The second-order valence-corrected chi connectivity index (χ2v) is 3.94. The minimum Gasteiger partial charge on any atom is -0.508 e. The normalized spacial score (nSPS) is 14.3. The third-order valence-electron chi connectivity index (χ3n) is 1.98. The van der Waals surface area contributed by atoms with Crippen LogP contribution in [0.5, 0.6) is 5.75 Å². The fraction of sp³-hybridized carbons (Fsp3) is 0.364.